The van der Waals surface area contributed by atoms with Crippen LogP contribution in [0.15, 0.2) is 73.3 Å². The zero-order valence-corrected chi connectivity index (χ0v) is 16.7. The Bertz CT molecular complexity index is 850. The van der Waals surface area contributed by atoms with Crippen molar-refractivity contribution in [1.29, 1.82) is 0 Å². The van der Waals surface area contributed by atoms with E-state index in [0.717, 1.165) is 36.8 Å². The number of ether oxygens (including phenoxy) is 2. The molecule has 0 saturated carbocycles. The highest BCUT2D eigenvalue weighted by Gasteiger charge is 2.11. The maximum atomic E-state index is 12.1. The van der Waals surface area contributed by atoms with Crippen molar-refractivity contribution in [3.05, 3.63) is 95.6 Å². The summed E-state index contributed by atoms with van der Waals surface area (Å²) >= 11 is 0. The predicted octanol–water partition coefficient (Wildman–Crippen LogP) is 4.06. The fourth-order valence-corrected chi connectivity index (χ4v) is 2.89. The van der Waals surface area contributed by atoms with Crippen LogP contribution in [0.3, 0.4) is 0 Å². The number of esters is 2. The normalized spacial score (nSPS) is 10.4. The minimum atomic E-state index is -0.401. The van der Waals surface area contributed by atoms with E-state index in [1.54, 1.807) is 49.1 Å². The number of aromatic nitrogens is 2. The fourth-order valence-electron chi connectivity index (χ4n) is 2.89. The van der Waals surface area contributed by atoms with E-state index in [-0.39, 0.29) is 0 Å². The SMILES string of the molecule is O=C(OCCCc1ccncc1)c1ccc(C(=O)OCCCc2ccncc2)cc1. The van der Waals surface area contributed by atoms with Crippen LogP contribution in [0.1, 0.15) is 44.7 Å². The first-order valence-corrected chi connectivity index (χ1v) is 9.94. The largest absolute Gasteiger partial charge is 0.462 e. The molecule has 3 aromatic rings. The van der Waals surface area contributed by atoms with Crippen molar-refractivity contribution in [2.45, 2.75) is 25.7 Å². The van der Waals surface area contributed by atoms with Crippen LogP contribution in [0, 0.1) is 0 Å². The molecule has 6 nitrogen and oxygen atoms in total. The number of aryl methyl sites for hydroxylation is 2. The van der Waals surface area contributed by atoms with Crippen LogP contribution in [0.4, 0.5) is 0 Å². The van der Waals surface area contributed by atoms with Gasteiger partial charge in [0.05, 0.1) is 24.3 Å². The Morgan fingerprint density at radius 1 is 0.600 bits per heavy atom. The van der Waals surface area contributed by atoms with Crippen molar-refractivity contribution in [2.75, 3.05) is 13.2 Å². The second-order valence-corrected chi connectivity index (χ2v) is 6.77. The molecule has 0 atom stereocenters. The summed E-state index contributed by atoms with van der Waals surface area (Å²) in [5.74, 6) is -0.802. The standard InChI is InChI=1S/C24H24N2O4/c27-23(29-17-1-3-19-9-13-25-14-10-19)21-5-7-22(8-6-21)24(28)30-18-2-4-20-11-15-26-16-12-20/h5-16H,1-4,17-18H2. The summed E-state index contributed by atoms with van der Waals surface area (Å²) in [5, 5.41) is 0. The summed E-state index contributed by atoms with van der Waals surface area (Å²) in [6.45, 7) is 0.671. The molecular formula is C24H24N2O4. The van der Waals surface area contributed by atoms with Crippen molar-refractivity contribution >= 4 is 11.9 Å². The van der Waals surface area contributed by atoms with Crippen LogP contribution < -0.4 is 0 Å². The van der Waals surface area contributed by atoms with Crippen molar-refractivity contribution in [3.8, 4) is 0 Å². The van der Waals surface area contributed by atoms with E-state index in [2.05, 4.69) is 9.97 Å². The zero-order chi connectivity index (χ0) is 21.0. The molecule has 1 aromatic carbocycles. The van der Waals surface area contributed by atoms with Gasteiger partial charge in [0.25, 0.3) is 0 Å². The van der Waals surface area contributed by atoms with Gasteiger partial charge in [-0.3, -0.25) is 9.97 Å². The highest BCUT2D eigenvalue weighted by atomic mass is 16.5. The molecule has 6 heteroatoms. The summed E-state index contributed by atoms with van der Waals surface area (Å²) < 4.78 is 10.6. The van der Waals surface area contributed by atoms with E-state index in [1.807, 2.05) is 24.3 Å². The van der Waals surface area contributed by atoms with Crippen LogP contribution in [0.25, 0.3) is 0 Å². The molecule has 0 N–H and O–H groups in total. The van der Waals surface area contributed by atoms with E-state index in [4.69, 9.17) is 9.47 Å². The minimum Gasteiger partial charge on any atom is -0.462 e. The van der Waals surface area contributed by atoms with Crippen LogP contribution in [0.5, 0.6) is 0 Å². The second kappa shape index (κ2) is 11.5. The minimum absolute atomic E-state index is 0.336. The molecule has 0 spiro atoms. The molecule has 0 aliphatic carbocycles. The van der Waals surface area contributed by atoms with Gasteiger partial charge in [-0.1, -0.05) is 0 Å². The molecule has 0 bridgehead atoms. The van der Waals surface area contributed by atoms with E-state index < -0.39 is 11.9 Å². The Morgan fingerprint density at radius 2 is 0.967 bits per heavy atom. The highest BCUT2D eigenvalue weighted by molar-refractivity contribution is 5.93. The third-order valence-electron chi connectivity index (χ3n) is 4.54. The van der Waals surface area contributed by atoms with Crippen LogP contribution in [-0.4, -0.2) is 35.1 Å². The lowest BCUT2D eigenvalue weighted by Gasteiger charge is -2.07. The summed E-state index contributed by atoms with van der Waals surface area (Å²) in [5.41, 5.74) is 3.13. The van der Waals surface area contributed by atoms with Gasteiger partial charge < -0.3 is 9.47 Å². The lowest BCUT2D eigenvalue weighted by atomic mass is 10.1. The average molecular weight is 404 g/mol. The second-order valence-electron chi connectivity index (χ2n) is 6.77. The third kappa shape index (κ3) is 6.81. The molecule has 0 amide bonds. The molecular weight excluding hydrogens is 380 g/mol. The summed E-state index contributed by atoms with van der Waals surface area (Å²) in [7, 11) is 0. The van der Waals surface area contributed by atoms with Gasteiger partial charge in [-0.2, -0.15) is 0 Å². The van der Waals surface area contributed by atoms with Gasteiger partial charge in [-0.15, -0.1) is 0 Å². The highest BCUT2D eigenvalue weighted by Crippen LogP contribution is 2.09. The topological polar surface area (TPSA) is 78.4 Å². The first kappa shape index (κ1) is 21.2. The molecule has 3 rings (SSSR count). The number of rotatable bonds is 10. The molecule has 2 heterocycles. The number of hydrogen-bond acceptors (Lipinski definition) is 6. The molecule has 0 unspecified atom stereocenters. The quantitative estimate of drug-likeness (QED) is 0.375. The smallest absolute Gasteiger partial charge is 0.338 e. The Balaban J connectivity index is 1.36. The Hall–Kier alpha value is -3.54. The maximum Gasteiger partial charge on any atom is 0.338 e. The fraction of sp³-hybridized carbons (Fsp3) is 0.250. The van der Waals surface area contributed by atoms with E-state index in [0.29, 0.717) is 24.3 Å². The predicted molar refractivity (Wildman–Crippen MR) is 112 cm³/mol. The lowest BCUT2D eigenvalue weighted by Crippen LogP contribution is -2.09. The van der Waals surface area contributed by atoms with Crippen LogP contribution in [0.2, 0.25) is 0 Å². The Kier molecular flexibility index (Phi) is 8.09. The van der Waals surface area contributed by atoms with Gasteiger partial charge in [-0.25, -0.2) is 9.59 Å². The summed E-state index contributed by atoms with van der Waals surface area (Å²) in [4.78, 5) is 32.2. The first-order valence-electron chi connectivity index (χ1n) is 9.94. The molecule has 0 fully saturated rings. The van der Waals surface area contributed by atoms with Gasteiger partial charge in [-0.05, 0) is 85.3 Å². The number of benzene rings is 1. The van der Waals surface area contributed by atoms with Crippen molar-refractivity contribution in [2.24, 2.45) is 0 Å². The molecule has 0 radical (unpaired) electrons. The first-order chi connectivity index (χ1) is 14.7. The average Bonchev–Trinajstić information content (AvgIpc) is 2.81. The van der Waals surface area contributed by atoms with Gasteiger partial charge >= 0.3 is 11.9 Å². The molecule has 0 aliphatic rings. The number of hydrogen-bond donors (Lipinski definition) is 0. The monoisotopic (exact) mass is 404 g/mol. The zero-order valence-electron chi connectivity index (χ0n) is 16.7. The maximum absolute atomic E-state index is 12.1. The Morgan fingerprint density at radius 3 is 1.33 bits per heavy atom. The number of carbonyl (C=O) groups excluding carboxylic acids is 2. The number of carbonyl (C=O) groups is 2. The van der Waals surface area contributed by atoms with Crippen LogP contribution in [-0.2, 0) is 22.3 Å². The van der Waals surface area contributed by atoms with Crippen LogP contribution >= 0.6 is 0 Å². The molecule has 0 saturated heterocycles. The van der Waals surface area contributed by atoms with Crippen molar-refractivity contribution < 1.29 is 19.1 Å². The van der Waals surface area contributed by atoms with E-state index >= 15 is 0 Å². The van der Waals surface area contributed by atoms with E-state index in [1.165, 1.54) is 0 Å². The van der Waals surface area contributed by atoms with Gasteiger partial charge in [0, 0.05) is 24.8 Å². The molecule has 30 heavy (non-hydrogen) atoms. The van der Waals surface area contributed by atoms with Crippen molar-refractivity contribution in [3.63, 3.8) is 0 Å². The number of pyridine rings is 2. The summed E-state index contributed by atoms with van der Waals surface area (Å²) in [6.07, 6.45) is 10.1. The van der Waals surface area contributed by atoms with Gasteiger partial charge in [0.15, 0.2) is 0 Å². The Labute approximate surface area is 175 Å². The third-order valence-corrected chi connectivity index (χ3v) is 4.54. The van der Waals surface area contributed by atoms with Gasteiger partial charge in [0.1, 0.15) is 0 Å². The van der Waals surface area contributed by atoms with E-state index in [9.17, 15) is 9.59 Å². The van der Waals surface area contributed by atoms with Crippen molar-refractivity contribution in [1.82, 2.24) is 9.97 Å². The molecule has 0 aliphatic heterocycles. The van der Waals surface area contributed by atoms with Gasteiger partial charge in [0.2, 0.25) is 0 Å². The molecule has 2 aromatic heterocycles. The summed E-state index contributed by atoms with van der Waals surface area (Å²) in [6, 6.07) is 14.1. The number of nitrogens with zero attached hydrogens (tertiary/aromatic N) is 2. The molecule has 154 valence electrons. The lowest BCUT2D eigenvalue weighted by molar-refractivity contribution is 0.0486.